The van der Waals surface area contributed by atoms with Crippen molar-refractivity contribution in [2.24, 2.45) is 0 Å². The third-order valence-electron chi connectivity index (χ3n) is 2.43. The van der Waals surface area contributed by atoms with Gasteiger partial charge in [0.1, 0.15) is 6.61 Å². The smallest absolute Gasteiger partial charge is 0.257 e. The average Bonchev–Trinajstić information content (AvgIpc) is 2.34. The summed E-state index contributed by atoms with van der Waals surface area (Å²) in [5.74, 6) is 11.4. The lowest BCUT2D eigenvalue weighted by atomic mass is 10.1. The van der Waals surface area contributed by atoms with E-state index in [-0.39, 0.29) is 6.61 Å². The van der Waals surface area contributed by atoms with E-state index in [4.69, 9.17) is 0 Å². The van der Waals surface area contributed by atoms with E-state index in [1.54, 1.807) is 0 Å². The highest BCUT2D eigenvalue weighted by Gasteiger charge is 1.96. The van der Waals surface area contributed by atoms with Crippen molar-refractivity contribution in [1.29, 1.82) is 0 Å². The maximum Gasteiger partial charge on any atom is 0.265 e. The van der Waals surface area contributed by atoms with Gasteiger partial charge in [-0.25, -0.2) is 0 Å². The molecule has 108 valence electrons. The molecule has 0 aromatic carbocycles. The Balaban J connectivity index is 3.43. The monoisotopic (exact) mass is 284 g/mol. The summed E-state index contributed by atoms with van der Waals surface area (Å²) in [6.07, 6.45) is 10.1. The Kier molecular flexibility index (Phi) is 11.5. The van der Waals surface area contributed by atoms with E-state index in [1.807, 2.05) is 0 Å². The number of hydrogen-bond acceptors (Lipinski definition) is 3. The van der Waals surface area contributed by atoms with Crippen LogP contribution in [0.5, 0.6) is 0 Å². The molecule has 0 atom stereocenters. The van der Waals surface area contributed by atoms with Crippen LogP contribution in [0, 0.1) is 23.7 Å². The Morgan fingerprint density at radius 2 is 1.53 bits per heavy atom. The molecule has 0 unspecified atom stereocenters. The Morgan fingerprint density at radius 3 is 2.21 bits per heavy atom. The van der Waals surface area contributed by atoms with Crippen LogP contribution in [0.1, 0.15) is 58.3 Å². The van der Waals surface area contributed by atoms with E-state index in [1.165, 1.54) is 32.1 Å². The number of hydrogen-bond donors (Lipinski definition) is 0. The lowest BCUT2D eigenvalue weighted by molar-refractivity contribution is 0.368. The molecule has 0 bridgehead atoms. The standard InChI is InChI=1S/C15H24O3S/c1-3-4-5-6-7-8-9-10-11-12-13-14-15-18-19(2,16)17/h3-9,12,15H2,1-2H3. The molecule has 0 radical (unpaired) electrons. The summed E-state index contributed by atoms with van der Waals surface area (Å²) < 4.78 is 25.7. The molecule has 19 heavy (non-hydrogen) atoms. The van der Waals surface area contributed by atoms with Gasteiger partial charge in [0.05, 0.1) is 12.7 Å². The average molecular weight is 284 g/mol. The van der Waals surface area contributed by atoms with E-state index in [2.05, 4.69) is 34.8 Å². The zero-order valence-corrected chi connectivity index (χ0v) is 12.8. The summed E-state index contributed by atoms with van der Waals surface area (Å²) in [4.78, 5) is 0. The first-order valence-electron chi connectivity index (χ1n) is 6.82. The minimum atomic E-state index is -3.38. The molecule has 0 aliphatic carbocycles. The first-order valence-corrected chi connectivity index (χ1v) is 8.63. The van der Waals surface area contributed by atoms with Crippen LogP contribution in [0.15, 0.2) is 0 Å². The van der Waals surface area contributed by atoms with Crippen LogP contribution in [0.25, 0.3) is 0 Å². The van der Waals surface area contributed by atoms with E-state index < -0.39 is 10.1 Å². The van der Waals surface area contributed by atoms with Crippen molar-refractivity contribution in [2.75, 3.05) is 12.9 Å². The zero-order chi connectivity index (χ0) is 14.4. The van der Waals surface area contributed by atoms with E-state index in [9.17, 15) is 8.42 Å². The minimum Gasteiger partial charge on any atom is -0.257 e. The highest BCUT2D eigenvalue weighted by atomic mass is 32.2. The summed E-state index contributed by atoms with van der Waals surface area (Å²) in [6.45, 7) is 2.13. The summed E-state index contributed by atoms with van der Waals surface area (Å²) in [7, 11) is -3.38. The van der Waals surface area contributed by atoms with Crippen LogP contribution in [0.4, 0.5) is 0 Å². The topological polar surface area (TPSA) is 43.4 Å². The molecule has 0 saturated carbocycles. The summed E-state index contributed by atoms with van der Waals surface area (Å²) in [5, 5.41) is 0. The largest absolute Gasteiger partial charge is 0.265 e. The fraction of sp³-hybridized carbons (Fsp3) is 0.733. The first kappa shape index (κ1) is 18.0. The molecule has 0 aliphatic heterocycles. The third kappa shape index (κ3) is 17.0. The predicted octanol–water partition coefficient (Wildman–Crippen LogP) is 3.11. The predicted molar refractivity (Wildman–Crippen MR) is 79.0 cm³/mol. The van der Waals surface area contributed by atoms with Crippen LogP contribution in [-0.2, 0) is 14.3 Å². The summed E-state index contributed by atoms with van der Waals surface area (Å²) in [6, 6.07) is 0. The fourth-order valence-corrected chi connectivity index (χ4v) is 1.71. The SMILES string of the molecule is CCCCCCCCC#CCC#CCOS(C)(=O)=O. The molecule has 0 N–H and O–H groups in total. The molecular formula is C15H24O3S. The van der Waals surface area contributed by atoms with Gasteiger partial charge in [-0.1, -0.05) is 56.8 Å². The van der Waals surface area contributed by atoms with Gasteiger partial charge in [-0.05, 0) is 6.42 Å². The van der Waals surface area contributed by atoms with Crippen molar-refractivity contribution in [3.8, 4) is 23.7 Å². The quantitative estimate of drug-likeness (QED) is 0.391. The van der Waals surface area contributed by atoms with Crippen LogP contribution < -0.4 is 0 Å². The second-order valence-electron chi connectivity index (χ2n) is 4.37. The summed E-state index contributed by atoms with van der Waals surface area (Å²) >= 11 is 0. The maximum absolute atomic E-state index is 10.6. The highest BCUT2D eigenvalue weighted by Crippen LogP contribution is 2.06. The van der Waals surface area contributed by atoms with Crippen molar-refractivity contribution in [3.05, 3.63) is 0 Å². The minimum absolute atomic E-state index is 0.0854. The molecule has 0 aliphatic rings. The van der Waals surface area contributed by atoms with Crippen molar-refractivity contribution < 1.29 is 12.6 Å². The molecule has 3 nitrogen and oxygen atoms in total. The number of rotatable bonds is 8. The van der Waals surface area contributed by atoms with Gasteiger partial charge in [0.25, 0.3) is 10.1 Å². The van der Waals surface area contributed by atoms with Crippen molar-refractivity contribution in [3.63, 3.8) is 0 Å². The summed E-state index contributed by atoms with van der Waals surface area (Å²) in [5.41, 5.74) is 0. The molecule has 0 aromatic rings. The number of unbranched alkanes of at least 4 members (excludes halogenated alkanes) is 6. The Bertz CT molecular complexity index is 429. The Labute approximate surface area is 118 Å². The molecule has 4 heteroatoms. The van der Waals surface area contributed by atoms with Gasteiger partial charge in [0.15, 0.2) is 0 Å². The third-order valence-corrected chi connectivity index (χ3v) is 2.97. The maximum atomic E-state index is 10.6. The Morgan fingerprint density at radius 1 is 0.895 bits per heavy atom. The molecule has 0 rings (SSSR count). The Hall–Kier alpha value is -0.970. The van der Waals surface area contributed by atoms with E-state index in [0.29, 0.717) is 6.42 Å². The van der Waals surface area contributed by atoms with Gasteiger partial charge in [0, 0.05) is 6.42 Å². The molecule has 0 heterocycles. The van der Waals surface area contributed by atoms with Crippen molar-refractivity contribution >= 4 is 10.1 Å². The molecule has 0 saturated heterocycles. The second kappa shape index (κ2) is 12.1. The van der Waals surface area contributed by atoms with E-state index in [0.717, 1.165) is 19.1 Å². The zero-order valence-electron chi connectivity index (χ0n) is 12.0. The molecule has 0 aromatic heterocycles. The van der Waals surface area contributed by atoms with Crippen LogP contribution >= 0.6 is 0 Å². The van der Waals surface area contributed by atoms with Crippen molar-refractivity contribution in [2.45, 2.75) is 58.3 Å². The normalized spacial score (nSPS) is 10.2. The van der Waals surface area contributed by atoms with Gasteiger partial charge >= 0.3 is 0 Å². The van der Waals surface area contributed by atoms with Gasteiger partial charge in [0.2, 0.25) is 0 Å². The van der Waals surface area contributed by atoms with Gasteiger partial charge in [-0.15, -0.1) is 5.92 Å². The fourth-order valence-electron chi connectivity index (χ4n) is 1.44. The van der Waals surface area contributed by atoms with Crippen molar-refractivity contribution in [1.82, 2.24) is 0 Å². The lowest BCUT2D eigenvalue weighted by Crippen LogP contribution is -2.02. The van der Waals surface area contributed by atoms with Gasteiger partial charge < -0.3 is 0 Å². The molecule has 0 fully saturated rings. The molecular weight excluding hydrogens is 260 g/mol. The first-order chi connectivity index (χ1) is 9.06. The van der Waals surface area contributed by atoms with Gasteiger partial charge in [-0.3, -0.25) is 4.18 Å². The molecule has 0 amide bonds. The van der Waals surface area contributed by atoms with Crippen LogP contribution in [0.2, 0.25) is 0 Å². The molecule has 0 spiro atoms. The second-order valence-corrected chi connectivity index (χ2v) is 6.01. The highest BCUT2D eigenvalue weighted by molar-refractivity contribution is 7.85. The van der Waals surface area contributed by atoms with Crippen LogP contribution in [0.3, 0.4) is 0 Å². The lowest BCUT2D eigenvalue weighted by Gasteiger charge is -1.96. The van der Waals surface area contributed by atoms with Crippen LogP contribution in [-0.4, -0.2) is 21.3 Å². The van der Waals surface area contributed by atoms with E-state index >= 15 is 0 Å². The van der Waals surface area contributed by atoms with Gasteiger partial charge in [-0.2, -0.15) is 8.42 Å².